The third-order valence-corrected chi connectivity index (χ3v) is 2.42. The van der Waals surface area contributed by atoms with E-state index in [1.54, 1.807) is 7.11 Å². The van der Waals surface area contributed by atoms with Crippen LogP contribution in [0.5, 0.6) is 5.75 Å². The summed E-state index contributed by atoms with van der Waals surface area (Å²) in [5.41, 5.74) is 1.25. The van der Waals surface area contributed by atoms with Crippen LogP contribution in [0.3, 0.4) is 0 Å². The Labute approximate surface area is 92.2 Å². The van der Waals surface area contributed by atoms with Crippen molar-refractivity contribution >= 4 is 0 Å². The largest absolute Gasteiger partial charge is 0.491 e. The van der Waals surface area contributed by atoms with Crippen LogP contribution in [-0.4, -0.2) is 19.8 Å². The van der Waals surface area contributed by atoms with E-state index in [-0.39, 0.29) is 6.10 Å². The van der Waals surface area contributed by atoms with Crippen molar-refractivity contribution in [3.63, 3.8) is 0 Å². The van der Waals surface area contributed by atoms with Crippen molar-refractivity contribution in [1.82, 2.24) is 0 Å². The minimum atomic E-state index is 0.130. The maximum Gasteiger partial charge on any atom is 0.122 e. The summed E-state index contributed by atoms with van der Waals surface area (Å²) in [4.78, 5) is 0. The van der Waals surface area contributed by atoms with Gasteiger partial charge in [0.05, 0.1) is 6.10 Å². The van der Waals surface area contributed by atoms with Gasteiger partial charge in [-0.2, -0.15) is 0 Å². The van der Waals surface area contributed by atoms with Crippen molar-refractivity contribution in [1.29, 1.82) is 0 Å². The highest BCUT2D eigenvalue weighted by molar-refractivity contribution is 5.35. The van der Waals surface area contributed by atoms with Crippen molar-refractivity contribution in [2.24, 2.45) is 0 Å². The van der Waals surface area contributed by atoms with E-state index in [9.17, 15) is 0 Å². The summed E-state index contributed by atoms with van der Waals surface area (Å²) in [6.07, 6.45) is 0.130. The van der Waals surface area contributed by atoms with Crippen LogP contribution in [0, 0.1) is 0 Å². The van der Waals surface area contributed by atoms with Crippen LogP contribution in [0.25, 0.3) is 0 Å². The van der Waals surface area contributed by atoms with Crippen molar-refractivity contribution in [2.45, 2.75) is 32.8 Å². The summed E-state index contributed by atoms with van der Waals surface area (Å²) >= 11 is 0. The quantitative estimate of drug-likeness (QED) is 0.739. The Morgan fingerprint density at radius 1 is 1.13 bits per heavy atom. The Bertz CT molecular complexity index is 294. The molecule has 84 valence electrons. The highest BCUT2D eigenvalue weighted by Crippen LogP contribution is 2.25. The van der Waals surface area contributed by atoms with Crippen LogP contribution in [0.4, 0.5) is 0 Å². The molecular formula is C13H20O2. The van der Waals surface area contributed by atoms with Crippen LogP contribution in [0.1, 0.15) is 32.3 Å². The van der Waals surface area contributed by atoms with Crippen LogP contribution in [0.15, 0.2) is 24.3 Å². The molecule has 0 bridgehead atoms. The first kappa shape index (κ1) is 12.1. The lowest BCUT2D eigenvalue weighted by atomic mass is 10.0. The molecule has 1 unspecified atom stereocenters. The minimum Gasteiger partial charge on any atom is -0.491 e. The fourth-order valence-corrected chi connectivity index (χ4v) is 1.36. The molecule has 0 amide bonds. The molecule has 0 fully saturated rings. The number of hydrogen-bond donors (Lipinski definition) is 0. The zero-order valence-electron chi connectivity index (χ0n) is 9.99. The van der Waals surface area contributed by atoms with Gasteiger partial charge in [0.15, 0.2) is 0 Å². The standard InChI is InChI=1S/C13H20O2/c1-10(2)12-7-5-6-8-13(12)15-9-11(3)14-4/h5-8,10-11H,9H2,1-4H3. The minimum absolute atomic E-state index is 0.130. The normalized spacial score (nSPS) is 12.9. The van der Waals surface area contributed by atoms with Gasteiger partial charge >= 0.3 is 0 Å². The van der Waals surface area contributed by atoms with E-state index in [2.05, 4.69) is 19.9 Å². The summed E-state index contributed by atoms with van der Waals surface area (Å²) in [5.74, 6) is 1.45. The zero-order chi connectivity index (χ0) is 11.3. The fraction of sp³-hybridized carbons (Fsp3) is 0.538. The van der Waals surface area contributed by atoms with E-state index >= 15 is 0 Å². The zero-order valence-corrected chi connectivity index (χ0v) is 9.99. The summed E-state index contributed by atoms with van der Waals surface area (Å²) in [6.45, 7) is 6.93. The number of benzene rings is 1. The SMILES string of the molecule is COC(C)COc1ccccc1C(C)C. The van der Waals surface area contributed by atoms with Gasteiger partial charge in [-0.1, -0.05) is 32.0 Å². The molecule has 1 aromatic carbocycles. The van der Waals surface area contributed by atoms with Gasteiger partial charge in [0.2, 0.25) is 0 Å². The summed E-state index contributed by atoms with van der Waals surface area (Å²) in [6, 6.07) is 8.16. The highest BCUT2D eigenvalue weighted by atomic mass is 16.5. The number of hydrogen-bond acceptors (Lipinski definition) is 2. The van der Waals surface area contributed by atoms with Gasteiger partial charge < -0.3 is 9.47 Å². The van der Waals surface area contributed by atoms with Gasteiger partial charge in [0.25, 0.3) is 0 Å². The second-order valence-electron chi connectivity index (χ2n) is 4.05. The van der Waals surface area contributed by atoms with Gasteiger partial charge in [-0.15, -0.1) is 0 Å². The van der Waals surface area contributed by atoms with Crippen molar-refractivity contribution < 1.29 is 9.47 Å². The lowest BCUT2D eigenvalue weighted by Gasteiger charge is -2.16. The molecule has 0 aliphatic carbocycles. The van der Waals surface area contributed by atoms with Gasteiger partial charge in [-0.3, -0.25) is 0 Å². The van der Waals surface area contributed by atoms with Crippen molar-refractivity contribution in [3.8, 4) is 5.75 Å². The van der Waals surface area contributed by atoms with E-state index < -0.39 is 0 Å². The van der Waals surface area contributed by atoms with Gasteiger partial charge in [0, 0.05) is 7.11 Å². The molecule has 15 heavy (non-hydrogen) atoms. The van der Waals surface area contributed by atoms with Crippen molar-refractivity contribution in [3.05, 3.63) is 29.8 Å². The Morgan fingerprint density at radius 2 is 1.80 bits per heavy atom. The van der Waals surface area contributed by atoms with Crippen LogP contribution >= 0.6 is 0 Å². The van der Waals surface area contributed by atoms with Gasteiger partial charge in [-0.05, 0) is 24.5 Å². The lowest BCUT2D eigenvalue weighted by molar-refractivity contribution is 0.0712. The summed E-state index contributed by atoms with van der Waals surface area (Å²) < 4.78 is 10.9. The Morgan fingerprint density at radius 3 is 2.40 bits per heavy atom. The molecule has 0 aromatic heterocycles. The molecule has 0 radical (unpaired) electrons. The number of methoxy groups -OCH3 is 1. The molecule has 0 aliphatic heterocycles. The van der Waals surface area contributed by atoms with Crippen molar-refractivity contribution in [2.75, 3.05) is 13.7 Å². The number of ether oxygens (including phenoxy) is 2. The molecule has 0 spiro atoms. The van der Waals surface area contributed by atoms with Gasteiger partial charge in [-0.25, -0.2) is 0 Å². The van der Waals surface area contributed by atoms with E-state index in [0.717, 1.165) is 5.75 Å². The number of rotatable bonds is 5. The molecule has 0 heterocycles. The lowest BCUT2D eigenvalue weighted by Crippen LogP contribution is -2.16. The molecule has 1 rings (SSSR count). The predicted octanol–water partition coefficient (Wildman–Crippen LogP) is 3.22. The highest BCUT2D eigenvalue weighted by Gasteiger charge is 2.08. The Kier molecular flexibility index (Phi) is 4.63. The molecule has 1 atom stereocenters. The molecule has 2 nitrogen and oxygen atoms in total. The smallest absolute Gasteiger partial charge is 0.122 e. The summed E-state index contributed by atoms with van der Waals surface area (Å²) in [5, 5.41) is 0. The summed E-state index contributed by atoms with van der Waals surface area (Å²) in [7, 11) is 1.70. The Hall–Kier alpha value is -1.02. The van der Waals surface area contributed by atoms with E-state index in [1.165, 1.54) is 5.56 Å². The molecule has 1 aromatic rings. The molecular weight excluding hydrogens is 188 g/mol. The van der Waals surface area contributed by atoms with E-state index in [0.29, 0.717) is 12.5 Å². The Balaban J connectivity index is 2.67. The fourth-order valence-electron chi connectivity index (χ4n) is 1.36. The average Bonchev–Trinajstić information content (AvgIpc) is 2.26. The van der Waals surface area contributed by atoms with Gasteiger partial charge in [0.1, 0.15) is 12.4 Å². The first-order chi connectivity index (χ1) is 7.15. The first-order valence-corrected chi connectivity index (χ1v) is 5.39. The molecule has 2 heteroatoms. The van der Waals surface area contributed by atoms with Crippen LogP contribution in [-0.2, 0) is 4.74 Å². The van der Waals surface area contributed by atoms with E-state index in [4.69, 9.17) is 9.47 Å². The first-order valence-electron chi connectivity index (χ1n) is 5.39. The third-order valence-electron chi connectivity index (χ3n) is 2.42. The second kappa shape index (κ2) is 5.76. The molecule has 0 aliphatic rings. The molecule has 0 N–H and O–H groups in total. The monoisotopic (exact) mass is 208 g/mol. The topological polar surface area (TPSA) is 18.5 Å². The molecule has 0 saturated carbocycles. The second-order valence-corrected chi connectivity index (χ2v) is 4.05. The maximum absolute atomic E-state index is 5.73. The average molecular weight is 208 g/mol. The predicted molar refractivity (Wildman–Crippen MR) is 62.5 cm³/mol. The van der Waals surface area contributed by atoms with Crippen LogP contribution in [0.2, 0.25) is 0 Å². The van der Waals surface area contributed by atoms with Crippen LogP contribution < -0.4 is 4.74 Å². The number of para-hydroxylation sites is 1. The molecule has 0 saturated heterocycles. The third kappa shape index (κ3) is 3.56. The maximum atomic E-state index is 5.73. The van der Waals surface area contributed by atoms with E-state index in [1.807, 2.05) is 25.1 Å².